The van der Waals surface area contributed by atoms with Gasteiger partial charge in [0.2, 0.25) is 0 Å². The third-order valence-electron chi connectivity index (χ3n) is 3.77. The molecule has 1 saturated heterocycles. The van der Waals surface area contributed by atoms with Crippen LogP contribution in [0.4, 0.5) is 0 Å². The van der Waals surface area contributed by atoms with Crippen LogP contribution in [-0.4, -0.2) is 11.3 Å². The lowest BCUT2D eigenvalue weighted by Crippen LogP contribution is -2.08. The molecule has 0 bridgehead atoms. The van der Waals surface area contributed by atoms with Gasteiger partial charge in [-0.05, 0) is 38.2 Å². The van der Waals surface area contributed by atoms with E-state index in [0.717, 1.165) is 19.3 Å². The van der Waals surface area contributed by atoms with E-state index in [1.807, 2.05) is 0 Å². The van der Waals surface area contributed by atoms with Crippen LogP contribution in [0.15, 0.2) is 42.5 Å². The van der Waals surface area contributed by atoms with Crippen molar-refractivity contribution in [1.29, 1.82) is 0 Å². The first-order valence-electron chi connectivity index (χ1n) is 7.39. The van der Waals surface area contributed by atoms with Crippen LogP contribution in [0.1, 0.15) is 57.6 Å². The van der Waals surface area contributed by atoms with Crippen LogP contribution in [0.2, 0.25) is 0 Å². The van der Waals surface area contributed by atoms with Gasteiger partial charge in [0.15, 0.2) is 6.23 Å². The Morgan fingerprint density at radius 2 is 2.05 bits per heavy atom. The maximum Gasteiger partial charge on any atom is 0.155 e. The average Bonchev–Trinajstić information content (AvgIpc) is 3.22. The molecule has 3 atom stereocenters. The van der Waals surface area contributed by atoms with Crippen LogP contribution < -0.4 is 0 Å². The molecule has 19 heavy (non-hydrogen) atoms. The van der Waals surface area contributed by atoms with E-state index < -0.39 is 0 Å². The maximum absolute atomic E-state index is 5.68. The second-order valence-corrected chi connectivity index (χ2v) is 5.40. The summed E-state index contributed by atoms with van der Waals surface area (Å²) < 4.78 is 0. The summed E-state index contributed by atoms with van der Waals surface area (Å²) in [4.78, 5) is 5.68. The number of hydrogen-bond acceptors (Lipinski definition) is 2. The van der Waals surface area contributed by atoms with Crippen molar-refractivity contribution in [3.05, 3.63) is 48.0 Å². The van der Waals surface area contributed by atoms with E-state index in [9.17, 15) is 0 Å². The molecule has 1 unspecified atom stereocenters. The van der Waals surface area contributed by atoms with Crippen molar-refractivity contribution in [2.75, 3.05) is 0 Å². The van der Waals surface area contributed by atoms with Gasteiger partial charge in [-0.1, -0.05) is 55.8 Å². The van der Waals surface area contributed by atoms with Crippen LogP contribution in [0.5, 0.6) is 0 Å². The number of allylic oxidation sites excluding steroid dienone is 1. The van der Waals surface area contributed by atoms with Crippen molar-refractivity contribution in [1.82, 2.24) is 5.06 Å². The van der Waals surface area contributed by atoms with E-state index in [2.05, 4.69) is 55.8 Å². The van der Waals surface area contributed by atoms with Gasteiger partial charge in [0.05, 0.1) is 6.04 Å². The fourth-order valence-electron chi connectivity index (χ4n) is 2.39. The van der Waals surface area contributed by atoms with E-state index in [-0.39, 0.29) is 6.23 Å². The van der Waals surface area contributed by atoms with Crippen LogP contribution in [-0.2, 0) is 4.84 Å². The topological polar surface area (TPSA) is 15.5 Å². The maximum atomic E-state index is 5.68. The van der Waals surface area contributed by atoms with Crippen LogP contribution in [0.25, 0.3) is 0 Å². The van der Waals surface area contributed by atoms with Gasteiger partial charge in [0, 0.05) is 0 Å². The predicted molar refractivity (Wildman–Crippen MR) is 79.5 cm³/mol. The normalized spacial score (nSPS) is 23.1. The molecule has 1 fully saturated rings. The number of hydroxylamine groups is 2. The number of rotatable bonds is 8. The molecule has 1 aliphatic rings. The Kier molecular flexibility index (Phi) is 5.17. The lowest BCUT2D eigenvalue weighted by molar-refractivity contribution is 0.155. The van der Waals surface area contributed by atoms with Crippen LogP contribution in [0.3, 0.4) is 0 Å². The predicted octanol–water partition coefficient (Wildman–Crippen LogP) is 4.85. The smallest absolute Gasteiger partial charge is 0.155 e. The second-order valence-electron chi connectivity index (χ2n) is 5.40. The zero-order valence-corrected chi connectivity index (χ0v) is 12.1. The SMILES string of the molecule is C=C(CCCC)CC[C@@H]1ON1[C@@H](C)c1ccccc1. The minimum atomic E-state index is 0.286. The van der Waals surface area contributed by atoms with Gasteiger partial charge in [0.1, 0.15) is 0 Å². The Labute approximate surface area is 117 Å². The number of nitrogens with zero attached hydrogens (tertiary/aromatic N) is 1. The van der Waals surface area contributed by atoms with E-state index in [4.69, 9.17) is 4.84 Å². The molecular weight excluding hydrogens is 234 g/mol. The first kappa shape index (κ1) is 14.3. The molecule has 0 N–H and O–H groups in total. The van der Waals surface area contributed by atoms with E-state index in [0.29, 0.717) is 6.04 Å². The molecule has 104 valence electrons. The summed E-state index contributed by atoms with van der Waals surface area (Å²) in [5.74, 6) is 0. The Morgan fingerprint density at radius 1 is 1.32 bits per heavy atom. The number of unbranched alkanes of at least 4 members (excludes halogenated alkanes) is 1. The van der Waals surface area contributed by atoms with Crippen molar-refractivity contribution in [3.8, 4) is 0 Å². The van der Waals surface area contributed by atoms with Gasteiger partial charge in [0.25, 0.3) is 0 Å². The molecule has 0 aromatic heterocycles. The second kappa shape index (κ2) is 6.88. The highest BCUT2D eigenvalue weighted by molar-refractivity contribution is 5.18. The Balaban J connectivity index is 1.71. The molecule has 0 radical (unpaired) electrons. The van der Waals surface area contributed by atoms with Crippen molar-refractivity contribution < 1.29 is 4.84 Å². The molecule has 2 rings (SSSR count). The fourth-order valence-corrected chi connectivity index (χ4v) is 2.39. The van der Waals surface area contributed by atoms with E-state index in [1.165, 1.54) is 24.0 Å². The molecular formula is C17H25NO. The van der Waals surface area contributed by atoms with Gasteiger partial charge in [-0.15, -0.1) is 5.06 Å². The third kappa shape index (κ3) is 4.19. The molecule has 2 heteroatoms. The van der Waals surface area contributed by atoms with Gasteiger partial charge in [-0.3, -0.25) is 4.84 Å². The van der Waals surface area contributed by atoms with Gasteiger partial charge in [-0.2, -0.15) is 0 Å². The van der Waals surface area contributed by atoms with Gasteiger partial charge >= 0.3 is 0 Å². The van der Waals surface area contributed by atoms with Crippen molar-refractivity contribution in [2.24, 2.45) is 0 Å². The largest absolute Gasteiger partial charge is 0.275 e. The first-order valence-corrected chi connectivity index (χ1v) is 7.39. The van der Waals surface area contributed by atoms with Crippen LogP contribution in [0, 0.1) is 0 Å². The lowest BCUT2D eigenvalue weighted by atomic mass is 10.0. The summed E-state index contributed by atoms with van der Waals surface area (Å²) in [5, 5.41) is 2.10. The summed E-state index contributed by atoms with van der Waals surface area (Å²) >= 11 is 0. The molecule has 2 nitrogen and oxygen atoms in total. The van der Waals surface area contributed by atoms with E-state index in [1.54, 1.807) is 0 Å². The first-order chi connectivity index (χ1) is 9.22. The van der Waals surface area contributed by atoms with Crippen molar-refractivity contribution in [2.45, 2.75) is 58.2 Å². The zero-order valence-electron chi connectivity index (χ0n) is 12.1. The molecule has 0 saturated carbocycles. The quantitative estimate of drug-likeness (QED) is 0.490. The highest BCUT2D eigenvalue weighted by Crippen LogP contribution is 2.36. The standard InChI is InChI=1S/C17H25NO/c1-4-5-9-14(2)12-13-17-18(19-17)15(3)16-10-7-6-8-11-16/h6-8,10-11,15,17H,2,4-5,9,12-13H2,1,3H3/t15-,17-,18?/m0/s1. The Morgan fingerprint density at radius 3 is 2.74 bits per heavy atom. The molecule has 0 spiro atoms. The lowest BCUT2D eigenvalue weighted by Gasteiger charge is -2.10. The number of benzene rings is 1. The highest BCUT2D eigenvalue weighted by atomic mass is 16.8. The summed E-state index contributed by atoms with van der Waals surface area (Å²) in [6, 6.07) is 10.9. The average molecular weight is 259 g/mol. The minimum absolute atomic E-state index is 0.286. The van der Waals surface area contributed by atoms with Crippen LogP contribution >= 0.6 is 0 Å². The summed E-state index contributed by atoms with van der Waals surface area (Å²) in [7, 11) is 0. The monoisotopic (exact) mass is 259 g/mol. The Bertz CT molecular complexity index is 401. The molecule has 0 aliphatic carbocycles. The highest BCUT2D eigenvalue weighted by Gasteiger charge is 2.40. The molecule has 0 amide bonds. The third-order valence-corrected chi connectivity index (χ3v) is 3.77. The van der Waals surface area contributed by atoms with Crippen molar-refractivity contribution >= 4 is 0 Å². The number of hydrogen-bond donors (Lipinski definition) is 0. The Hall–Kier alpha value is -1.12. The fraction of sp³-hybridized carbons (Fsp3) is 0.529. The van der Waals surface area contributed by atoms with Gasteiger partial charge in [-0.25, -0.2) is 0 Å². The molecule has 1 aliphatic heterocycles. The summed E-state index contributed by atoms with van der Waals surface area (Å²) in [6.45, 7) is 8.56. The van der Waals surface area contributed by atoms with E-state index >= 15 is 0 Å². The zero-order chi connectivity index (χ0) is 13.7. The molecule has 1 aromatic carbocycles. The minimum Gasteiger partial charge on any atom is -0.275 e. The van der Waals surface area contributed by atoms with Crippen molar-refractivity contribution in [3.63, 3.8) is 0 Å². The molecule has 1 aromatic rings. The summed E-state index contributed by atoms with van der Waals surface area (Å²) in [5.41, 5.74) is 2.68. The molecule has 1 heterocycles. The van der Waals surface area contributed by atoms with Gasteiger partial charge < -0.3 is 0 Å². The summed E-state index contributed by atoms with van der Waals surface area (Å²) in [6.07, 6.45) is 6.11.